The van der Waals surface area contributed by atoms with Crippen LogP contribution in [0.3, 0.4) is 0 Å². The van der Waals surface area contributed by atoms with Gasteiger partial charge in [0.05, 0.1) is 0 Å². The minimum atomic E-state index is 0.405. The first-order valence-electron chi connectivity index (χ1n) is 5.33. The largest absolute Gasteiger partial charge is 0.351 e. The molecule has 1 fully saturated rings. The summed E-state index contributed by atoms with van der Waals surface area (Å²) >= 11 is 0. The van der Waals surface area contributed by atoms with Crippen LogP contribution < -0.4 is 11.1 Å². The molecular formula is C10H18N4. The highest BCUT2D eigenvalue weighted by atomic mass is 15.2. The van der Waals surface area contributed by atoms with E-state index < -0.39 is 0 Å². The minimum absolute atomic E-state index is 0.405. The summed E-state index contributed by atoms with van der Waals surface area (Å²) in [5.41, 5.74) is 5.72. The number of hydrogen-bond donors (Lipinski definition) is 2. The van der Waals surface area contributed by atoms with Gasteiger partial charge in [-0.25, -0.2) is 4.98 Å². The summed E-state index contributed by atoms with van der Waals surface area (Å²) in [4.78, 5) is 4.28. The fourth-order valence-electron chi connectivity index (χ4n) is 1.74. The maximum atomic E-state index is 5.72. The van der Waals surface area contributed by atoms with E-state index in [9.17, 15) is 0 Å². The third-order valence-corrected chi connectivity index (χ3v) is 2.82. The molecule has 0 bridgehead atoms. The second kappa shape index (κ2) is 4.00. The Bertz CT molecular complexity index is 290. The monoisotopic (exact) mass is 194 g/mol. The van der Waals surface area contributed by atoms with Crippen molar-refractivity contribution in [2.24, 2.45) is 11.7 Å². The average Bonchev–Trinajstić information content (AvgIpc) is 2.95. The summed E-state index contributed by atoms with van der Waals surface area (Å²) in [5.74, 6) is 1.72. The van der Waals surface area contributed by atoms with Gasteiger partial charge in [-0.2, -0.15) is 0 Å². The predicted molar refractivity (Wildman–Crippen MR) is 57.1 cm³/mol. The maximum absolute atomic E-state index is 5.72. The van der Waals surface area contributed by atoms with Crippen LogP contribution in [0.4, 0.5) is 5.95 Å². The molecule has 1 unspecified atom stereocenters. The molecule has 0 spiro atoms. The van der Waals surface area contributed by atoms with Crippen LogP contribution in [0.1, 0.15) is 19.8 Å². The topological polar surface area (TPSA) is 55.9 Å². The molecule has 1 saturated carbocycles. The van der Waals surface area contributed by atoms with E-state index >= 15 is 0 Å². The third-order valence-electron chi connectivity index (χ3n) is 2.82. The van der Waals surface area contributed by atoms with Gasteiger partial charge in [0, 0.05) is 31.5 Å². The summed E-state index contributed by atoms with van der Waals surface area (Å²) in [6.45, 7) is 3.76. The van der Waals surface area contributed by atoms with Crippen molar-refractivity contribution in [3.05, 3.63) is 12.4 Å². The van der Waals surface area contributed by atoms with Crippen LogP contribution in [-0.2, 0) is 6.54 Å². The van der Waals surface area contributed by atoms with Crippen molar-refractivity contribution >= 4 is 5.95 Å². The van der Waals surface area contributed by atoms with Crippen molar-refractivity contribution in [2.45, 2.75) is 32.4 Å². The molecular weight excluding hydrogens is 176 g/mol. The first kappa shape index (κ1) is 9.52. The molecule has 1 atom stereocenters. The van der Waals surface area contributed by atoms with E-state index in [1.807, 2.05) is 12.4 Å². The van der Waals surface area contributed by atoms with E-state index in [0.29, 0.717) is 12.6 Å². The van der Waals surface area contributed by atoms with Crippen LogP contribution in [0.25, 0.3) is 0 Å². The van der Waals surface area contributed by atoms with E-state index in [4.69, 9.17) is 5.73 Å². The minimum Gasteiger partial charge on any atom is -0.351 e. The molecule has 1 aliphatic rings. The smallest absolute Gasteiger partial charge is 0.203 e. The molecule has 4 heteroatoms. The zero-order chi connectivity index (χ0) is 9.97. The van der Waals surface area contributed by atoms with Gasteiger partial charge in [0.25, 0.3) is 0 Å². The van der Waals surface area contributed by atoms with Crippen molar-refractivity contribution in [3.8, 4) is 0 Å². The molecule has 3 N–H and O–H groups in total. The molecule has 0 radical (unpaired) electrons. The van der Waals surface area contributed by atoms with Crippen molar-refractivity contribution in [2.75, 3.05) is 11.9 Å². The number of nitrogens with zero attached hydrogens (tertiary/aromatic N) is 2. The Hall–Kier alpha value is -1.03. The molecule has 1 heterocycles. The average molecular weight is 194 g/mol. The van der Waals surface area contributed by atoms with Crippen LogP contribution in [0.2, 0.25) is 0 Å². The van der Waals surface area contributed by atoms with Crippen LogP contribution >= 0.6 is 0 Å². The number of rotatable bonds is 5. The molecule has 0 aliphatic heterocycles. The van der Waals surface area contributed by atoms with Gasteiger partial charge < -0.3 is 15.6 Å². The molecule has 1 aromatic rings. The number of nitrogens with one attached hydrogen (secondary N) is 1. The lowest BCUT2D eigenvalue weighted by Crippen LogP contribution is -2.32. The van der Waals surface area contributed by atoms with Crippen molar-refractivity contribution in [1.29, 1.82) is 0 Å². The van der Waals surface area contributed by atoms with E-state index in [0.717, 1.165) is 18.4 Å². The van der Waals surface area contributed by atoms with Gasteiger partial charge in [-0.05, 0) is 25.7 Å². The van der Waals surface area contributed by atoms with Gasteiger partial charge in [0.15, 0.2) is 0 Å². The second-order valence-corrected chi connectivity index (χ2v) is 3.86. The SMILES string of the molecule is CCn1ccnc1NC(CN)C1CC1. The molecule has 4 nitrogen and oxygen atoms in total. The van der Waals surface area contributed by atoms with Gasteiger partial charge in [0.1, 0.15) is 0 Å². The fraction of sp³-hybridized carbons (Fsp3) is 0.700. The normalized spacial score (nSPS) is 18.1. The summed E-state index contributed by atoms with van der Waals surface area (Å²) < 4.78 is 2.10. The van der Waals surface area contributed by atoms with Crippen LogP contribution in [0.5, 0.6) is 0 Å². The number of aryl methyl sites for hydroxylation is 1. The highest BCUT2D eigenvalue weighted by Crippen LogP contribution is 2.33. The lowest BCUT2D eigenvalue weighted by Gasteiger charge is -2.17. The molecule has 0 saturated heterocycles. The summed E-state index contributed by atoms with van der Waals surface area (Å²) in [6.07, 6.45) is 6.43. The molecule has 14 heavy (non-hydrogen) atoms. The third kappa shape index (κ3) is 1.90. The fourth-order valence-corrected chi connectivity index (χ4v) is 1.74. The zero-order valence-corrected chi connectivity index (χ0v) is 8.61. The number of nitrogens with two attached hydrogens (primary N) is 1. The van der Waals surface area contributed by atoms with Crippen molar-refractivity contribution in [3.63, 3.8) is 0 Å². The Morgan fingerprint density at radius 1 is 1.71 bits per heavy atom. The van der Waals surface area contributed by atoms with E-state index in [1.54, 1.807) is 0 Å². The van der Waals surface area contributed by atoms with Crippen LogP contribution in [0.15, 0.2) is 12.4 Å². The summed E-state index contributed by atoms with van der Waals surface area (Å²) in [5, 5.41) is 3.42. The molecule has 2 rings (SSSR count). The summed E-state index contributed by atoms with van der Waals surface area (Å²) in [7, 11) is 0. The molecule has 78 valence electrons. The highest BCUT2D eigenvalue weighted by molar-refractivity contribution is 5.28. The number of anilines is 1. The quantitative estimate of drug-likeness (QED) is 0.736. The van der Waals surface area contributed by atoms with Gasteiger partial charge in [-0.3, -0.25) is 0 Å². The highest BCUT2D eigenvalue weighted by Gasteiger charge is 2.30. The number of aromatic nitrogens is 2. The Balaban J connectivity index is 2.00. The second-order valence-electron chi connectivity index (χ2n) is 3.86. The number of imidazole rings is 1. The Labute approximate surface area is 84.5 Å². The lowest BCUT2D eigenvalue weighted by atomic mass is 10.2. The summed E-state index contributed by atoms with van der Waals surface area (Å²) in [6, 6.07) is 0.405. The van der Waals surface area contributed by atoms with Gasteiger partial charge in [-0.1, -0.05) is 0 Å². The van der Waals surface area contributed by atoms with Crippen LogP contribution in [-0.4, -0.2) is 22.1 Å². The van der Waals surface area contributed by atoms with Crippen molar-refractivity contribution in [1.82, 2.24) is 9.55 Å². The van der Waals surface area contributed by atoms with E-state index in [2.05, 4.69) is 21.8 Å². The van der Waals surface area contributed by atoms with Crippen molar-refractivity contribution < 1.29 is 0 Å². The van der Waals surface area contributed by atoms with E-state index in [1.165, 1.54) is 12.8 Å². The standard InChI is InChI=1S/C10H18N4/c1-2-14-6-5-12-10(14)13-9(7-11)8-3-4-8/h5-6,8-9H,2-4,7,11H2,1H3,(H,12,13). The Kier molecular flexibility index (Phi) is 2.72. The first-order valence-corrected chi connectivity index (χ1v) is 5.33. The Morgan fingerprint density at radius 3 is 3.07 bits per heavy atom. The molecule has 1 aromatic heterocycles. The lowest BCUT2D eigenvalue weighted by molar-refractivity contribution is 0.628. The predicted octanol–water partition coefficient (Wildman–Crippen LogP) is 1.05. The molecule has 0 amide bonds. The number of hydrogen-bond acceptors (Lipinski definition) is 3. The molecule has 0 aromatic carbocycles. The molecule has 1 aliphatic carbocycles. The van der Waals surface area contributed by atoms with Gasteiger partial charge in [-0.15, -0.1) is 0 Å². The van der Waals surface area contributed by atoms with E-state index in [-0.39, 0.29) is 0 Å². The first-order chi connectivity index (χ1) is 6.85. The van der Waals surface area contributed by atoms with Gasteiger partial charge >= 0.3 is 0 Å². The maximum Gasteiger partial charge on any atom is 0.203 e. The zero-order valence-electron chi connectivity index (χ0n) is 8.61. The van der Waals surface area contributed by atoms with Crippen LogP contribution in [0, 0.1) is 5.92 Å². The van der Waals surface area contributed by atoms with Gasteiger partial charge in [0.2, 0.25) is 5.95 Å². The Morgan fingerprint density at radius 2 is 2.50 bits per heavy atom.